The van der Waals surface area contributed by atoms with Crippen molar-refractivity contribution in [3.8, 4) is 11.1 Å². The molecular formula is C14H11NO4. The maximum atomic E-state index is 11.3. The van der Waals surface area contributed by atoms with Crippen LogP contribution in [0.5, 0.6) is 0 Å². The second kappa shape index (κ2) is 5.30. The summed E-state index contributed by atoms with van der Waals surface area (Å²) < 4.78 is 4.60. The van der Waals surface area contributed by atoms with Gasteiger partial charge in [0, 0.05) is 12.1 Å². The third-order valence-corrected chi connectivity index (χ3v) is 2.70. The van der Waals surface area contributed by atoms with Gasteiger partial charge in [0.1, 0.15) is 0 Å². The number of nitrogens with zero attached hydrogens (tertiary/aromatic N) is 1. The van der Waals surface area contributed by atoms with E-state index in [0.717, 1.165) is 11.1 Å². The highest BCUT2D eigenvalue weighted by molar-refractivity contribution is 5.90. The van der Waals surface area contributed by atoms with Crippen LogP contribution in [0.15, 0.2) is 48.5 Å². The molecule has 0 saturated carbocycles. The molecule has 0 bridgehead atoms. The number of carbonyl (C=O) groups is 1. The number of esters is 1. The fourth-order valence-corrected chi connectivity index (χ4v) is 1.72. The topological polar surface area (TPSA) is 69.4 Å². The third kappa shape index (κ3) is 2.77. The van der Waals surface area contributed by atoms with Crippen molar-refractivity contribution in [1.29, 1.82) is 0 Å². The molecule has 2 aromatic carbocycles. The molecule has 0 saturated heterocycles. The van der Waals surface area contributed by atoms with E-state index >= 15 is 0 Å². The molecule has 19 heavy (non-hydrogen) atoms. The van der Waals surface area contributed by atoms with Gasteiger partial charge in [0.15, 0.2) is 0 Å². The molecule has 2 aromatic rings. The summed E-state index contributed by atoms with van der Waals surface area (Å²) in [6, 6.07) is 13.0. The molecular weight excluding hydrogens is 246 g/mol. The SMILES string of the molecule is COC(=O)c1ccc(-c2cccc([N+](=O)[O-])c2)cc1. The lowest BCUT2D eigenvalue weighted by molar-refractivity contribution is -0.384. The zero-order valence-corrected chi connectivity index (χ0v) is 10.2. The van der Waals surface area contributed by atoms with Gasteiger partial charge in [0.05, 0.1) is 17.6 Å². The van der Waals surface area contributed by atoms with Crippen molar-refractivity contribution < 1.29 is 14.5 Å². The van der Waals surface area contributed by atoms with Crippen molar-refractivity contribution in [1.82, 2.24) is 0 Å². The van der Waals surface area contributed by atoms with Crippen LogP contribution in [-0.2, 0) is 4.74 Å². The van der Waals surface area contributed by atoms with Crippen LogP contribution < -0.4 is 0 Å². The van der Waals surface area contributed by atoms with Crippen LogP contribution in [0.1, 0.15) is 10.4 Å². The van der Waals surface area contributed by atoms with Gasteiger partial charge in [-0.2, -0.15) is 0 Å². The van der Waals surface area contributed by atoms with E-state index in [-0.39, 0.29) is 5.69 Å². The highest BCUT2D eigenvalue weighted by Crippen LogP contribution is 2.24. The van der Waals surface area contributed by atoms with Crippen LogP contribution in [0.25, 0.3) is 11.1 Å². The number of rotatable bonds is 3. The van der Waals surface area contributed by atoms with E-state index in [1.165, 1.54) is 19.2 Å². The number of hydrogen-bond acceptors (Lipinski definition) is 4. The van der Waals surface area contributed by atoms with Crippen molar-refractivity contribution >= 4 is 11.7 Å². The van der Waals surface area contributed by atoms with Gasteiger partial charge in [-0.1, -0.05) is 24.3 Å². The Balaban J connectivity index is 2.34. The Morgan fingerprint density at radius 2 is 1.79 bits per heavy atom. The van der Waals surface area contributed by atoms with Crippen LogP contribution in [0.4, 0.5) is 5.69 Å². The molecule has 5 nitrogen and oxygen atoms in total. The van der Waals surface area contributed by atoms with Crippen LogP contribution >= 0.6 is 0 Å². The molecule has 0 aliphatic rings. The lowest BCUT2D eigenvalue weighted by Gasteiger charge is -2.03. The predicted octanol–water partition coefficient (Wildman–Crippen LogP) is 3.05. The van der Waals surface area contributed by atoms with Gasteiger partial charge in [-0.25, -0.2) is 4.79 Å². The number of ether oxygens (including phenoxy) is 1. The smallest absolute Gasteiger partial charge is 0.337 e. The Morgan fingerprint density at radius 1 is 1.11 bits per heavy atom. The number of hydrogen-bond donors (Lipinski definition) is 0. The molecule has 0 spiro atoms. The van der Waals surface area contributed by atoms with Gasteiger partial charge >= 0.3 is 5.97 Å². The first-order valence-electron chi connectivity index (χ1n) is 5.55. The Morgan fingerprint density at radius 3 is 2.37 bits per heavy atom. The van der Waals surface area contributed by atoms with Crippen LogP contribution in [0, 0.1) is 10.1 Å². The van der Waals surface area contributed by atoms with E-state index in [4.69, 9.17) is 0 Å². The lowest BCUT2D eigenvalue weighted by Crippen LogP contribution is -2.00. The van der Waals surface area contributed by atoms with Crippen molar-refractivity contribution in [2.75, 3.05) is 7.11 Å². The maximum Gasteiger partial charge on any atom is 0.337 e. The first-order valence-corrected chi connectivity index (χ1v) is 5.55. The Hall–Kier alpha value is -2.69. The molecule has 5 heteroatoms. The van der Waals surface area contributed by atoms with Crippen molar-refractivity contribution in [3.05, 3.63) is 64.2 Å². The van der Waals surface area contributed by atoms with Gasteiger partial charge in [-0.15, -0.1) is 0 Å². The normalized spacial score (nSPS) is 9.95. The highest BCUT2D eigenvalue weighted by Gasteiger charge is 2.08. The molecule has 0 fully saturated rings. The average molecular weight is 257 g/mol. The number of benzene rings is 2. The molecule has 0 atom stereocenters. The van der Waals surface area contributed by atoms with E-state index in [1.807, 2.05) is 0 Å². The summed E-state index contributed by atoms with van der Waals surface area (Å²) in [6.07, 6.45) is 0. The van der Waals surface area contributed by atoms with Gasteiger partial charge in [-0.05, 0) is 23.3 Å². The standard InChI is InChI=1S/C14H11NO4/c1-19-14(16)11-7-5-10(6-8-11)12-3-2-4-13(9-12)15(17)18/h2-9H,1H3. The monoisotopic (exact) mass is 257 g/mol. The quantitative estimate of drug-likeness (QED) is 0.481. The molecule has 2 rings (SSSR count). The number of non-ortho nitro benzene ring substituents is 1. The van der Waals surface area contributed by atoms with Crippen LogP contribution in [-0.4, -0.2) is 18.0 Å². The molecule has 0 radical (unpaired) electrons. The second-order valence-electron chi connectivity index (χ2n) is 3.88. The Bertz CT molecular complexity index is 620. The van der Waals surface area contributed by atoms with Crippen molar-refractivity contribution in [3.63, 3.8) is 0 Å². The number of methoxy groups -OCH3 is 1. The fourth-order valence-electron chi connectivity index (χ4n) is 1.72. The van der Waals surface area contributed by atoms with Crippen molar-refractivity contribution in [2.24, 2.45) is 0 Å². The Kier molecular flexibility index (Phi) is 3.56. The highest BCUT2D eigenvalue weighted by atomic mass is 16.6. The summed E-state index contributed by atoms with van der Waals surface area (Å²) in [4.78, 5) is 21.6. The van der Waals surface area contributed by atoms with Gasteiger partial charge in [0.2, 0.25) is 0 Å². The van der Waals surface area contributed by atoms with Crippen LogP contribution in [0.2, 0.25) is 0 Å². The zero-order valence-electron chi connectivity index (χ0n) is 10.2. The molecule has 0 unspecified atom stereocenters. The number of nitro groups is 1. The van der Waals surface area contributed by atoms with Gasteiger partial charge < -0.3 is 4.74 Å². The second-order valence-corrected chi connectivity index (χ2v) is 3.88. The van der Waals surface area contributed by atoms with Gasteiger partial charge in [0.25, 0.3) is 5.69 Å². The average Bonchev–Trinajstić information content (AvgIpc) is 2.46. The molecule has 0 aliphatic carbocycles. The number of carbonyl (C=O) groups excluding carboxylic acids is 1. The first kappa shape index (κ1) is 12.8. The molecule has 96 valence electrons. The maximum absolute atomic E-state index is 11.3. The van der Waals surface area contributed by atoms with Gasteiger partial charge in [-0.3, -0.25) is 10.1 Å². The van der Waals surface area contributed by atoms with E-state index in [2.05, 4.69) is 4.74 Å². The summed E-state index contributed by atoms with van der Waals surface area (Å²) in [7, 11) is 1.32. The Labute approximate surface area is 109 Å². The molecule has 0 aliphatic heterocycles. The minimum atomic E-state index is -0.438. The van der Waals surface area contributed by atoms with E-state index in [1.54, 1.807) is 36.4 Å². The third-order valence-electron chi connectivity index (χ3n) is 2.70. The summed E-state index contributed by atoms with van der Waals surface area (Å²) in [5.74, 6) is -0.411. The summed E-state index contributed by atoms with van der Waals surface area (Å²) in [5.41, 5.74) is 2.01. The largest absolute Gasteiger partial charge is 0.465 e. The minimum absolute atomic E-state index is 0.0366. The molecule has 0 amide bonds. The minimum Gasteiger partial charge on any atom is -0.465 e. The summed E-state index contributed by atoms with van der Waals surface area (Å²) in [5, 5.41) is 10.7. The zero-order chi connectivity index (χ0) is 13.8. The first-order chi connectivity index (χ1) is 9.11. The molecule has 0 aromatic heterocycles. The summed E-state index contributed by atoms with van der Waals surface area (Å²) in [6.45, 7) is 0. The molecule has 0 N–H and O–H groups in total. The fraction of sp³-hybridized carbons (Fsp3) is 0.0714. The van der Waals surface area contributed by atoms with E-state index < -0.39 is 10.9 Å². The molecule has 0 heterocycles. The van der Waals surface area contributed by atoms with E-state index in [0.29, 0.717) is 5.56 Å². The number of nitro benzene ring substituents is 1. The summed E-state index contributed by atoms with van der Waals surface area (Å²) >= 11 is 0. The lowest BCUT2D eigenvalue weighted by atomic mass is 10.0. The van der Waals surface area contributed by atoms with E-state index in [9.17, 15) is 14.9 Å². The predicted molar refractivity (Wildman–Crippen MR) is 69.9 cm³/mol. The van der Waals surface area contributed by atoms with Crippen molar-refractivity contribution in [2.45, 2.75) is 0 Å². The van der Waals surface area contributed by atoms with Crippen LogP contribution in [0.3, 0.4) is 0 Å².